The Bertz CT molecular complexity index is 802. The first-order valence-corrected chi connectivity index (χ1v) is 10.7. The molecule has 1 amide bonds. The van der Waals surface area contributed by atoms with Crippen LogP contribution in [0.15, 0.2) is 18.2 Å². The molecule has 0 aromatic heterocycles. The average Bonchev–Trinajstić information content (AvgIpc) is 2.99. The standard InChI is InChI=1S/C18H27NO8S/c1-18(2,3)26-17(22)19-9-5-6-13(19)16(27-28(4,23)24)11-25-15-8-7-12(20)10-14(15)21/h7-8,10,13,16,20-21H,5-6,9,11H2,1-4H3/t13-,16-/m1/s1. The van der Waals surface area contributed by atoms with Gasteiger partial charge in [-0.2, -0.15) is 8.42 Å². The van der Waals surface area contributed by atoms with Gasteiger partial charge in [-0.1, -0.05) is 0 Å². The number of amides is 1. The summed E-state index contributed by atoms with van der Waals surface area (Å²) in [6.45, 7) is 5.43. The van der Waals surface area contributed by atoms with Crippen LogP contribution < -0.4 is 4.74 Å². The van der Waals surface area contributed by atoms with Crippen molar-refractivity contribution in [2.45, 2.75) is 51.4 Å². The lowest BCUT2D eigenvalue weighted by Crippen LogP contribution is -2.48. The van der Waals surface area contributed by atoms with Crippen molar-refractivity contribution in [3.05, 3.63) is 18.2 Å². The van der Waals surface area contributed by atoms with E-state index in [1.54, 1.807) is 20.8 Å². The molecule has 0 saturated carbocycles. The van der Waals surface area contributed by atoms with Gasteiger partial charge in [-0.25, -0.2) is 4.79 Å². The van der Waals surface area contributed by atoms with Gasteiger partial charge in [0.2, 0.25) is 0 Å². The maximum absolute atomic E-state index is 12.5. The van der Waals surface area contributed by atoms with E-state index in [4.69, 9.17) is 13.7 Å². The first kappa shape index (κ1) is 22.1. The highest BCUT2D eigenvalue weighted by atomic mass is 32.2. The highest BCUT2D eigenvalue weighted by Crippen LogP contribution is 2.31. The van der Waals surface area contributed by atoms with Crippen molar-refractivity contribution in [2.24, 2.45) is 0 Å². The first-order valence-electron chi connectivity index (χ1n) is 8.88. The Morgan fingerprint density at radius 2 is 2.00 bits per heavy atom. The SMILES string of the molecule is CC(C)(C)OC(=O)N1CCC[C@@H]1[C@@H](COc1ccc(O)cc1O)OS(C)(=O)=O. The molecule has 1 aromatic carbocycles. The molecule has 0 unspecified atom stereocenters. The normalized spacial score (nSPS) is 18.7. The van der Waals surface area contributed by atoms with E-state index in [-0.39, 0.29) is 23.9 Å². The molecule has 2 N–H and O–H groups in total. The number of phenols is 2. The fourth-order valence-corrected chi connectivity index (χ4v) is 3.59. The molecule has 2 atom stereocenters. The minimum atomic E-state index is -3.83. The molecule has 1 aromatic rings. The van der Waals surface area contributed by atoms with Crippen LogP contribution in [0.25, 0.3) is 0 Å². The zero-order valence-corrected chi connectivity index (χ0v) is 17.2. The van der Waals surface area contributed by atoms with Gasteiger partial charge in [0.1, 0.15) is 24.1 Å². The molecule has 2 rings (SSSR count). The number of carbonyl (C=O) groups excluding carboxylic acids is 1. The summed E-state index contributed by atoms with van der Waals surface area (Å²) in [6, 6.07) is 3.21. The number of phenolic OH excluding ortho intramolecular Hbond substituents is 2. The van der Waals surface area contributed by atoms with Crippen LogP contribution in [0.3, 0.4) is 0 Å². The number of ether oxygens (including phenoxy) is 2. The van der Waals surface area contributed by atoms with Crippen molar-refractivity contribution in [3.63, 3.8) is 0 Å². The largest absolute Gasteiger partial charge is 0.508 e. The van der Waals surface area contributed by atoms with Gasteiger partial charge in [-0.05, 0) is 45.7 Å². The second kappa shape index (κ2) is 8.44. The number of carbonyl (C=O) groups is 1. The number of nitrogens with zero attached hydrogens (tertiary/aromatic N) is 1. The van der Waals surface area contributed by atoms with E-state index in [1.807, 2.05) is 0 Å². The minimum Gasteiger partial charge on any atom is -0.508 e. The Balaban J connectivity index is 2.18. The summed E-state index contributed by atoms with van der Waals surface area (Å²) in [5.41, 5.74) is -0.689. The summed E-state index contributed by atoms with van der Waals surface area (Å²) < 4.78 is 39.6. The Labute approximate surface area is 164 Å². The first-order chi connectivity index (χ1) is 12.9. The van der Waals surface area contributed by atoms with Crippen LogP contribution in [-0.2, 0) is 19.0 Å². The summed E-state index contributed by atoms with van der Waals surface area (Å²) in [7, 11) is -3.83. The third-order valence-corrected chi connectivity index (χ3v) is 4.60. The summed E-state index contributed by atoms with van der Waals surface area (Å²) in [6.07, 6.45) is 0.565. The molecule has 9 nitrogen and oxygen atoms in total. The minimum absolute atomic E-state index is 0.0571. The molecule has 0 spiro atoms. The number of hydrogen-bond acceptors (Lipinski definition) is 8. The lowest BCUT2D eigenvalue weighted by molar-refractivity contribution is 0.00342. The van der Waals surface area contributed by atoms with Gasteiger partial charge in [0.05, 0.1) is 12.3 Å². The molecular weight excluding hydrogens is 390 g/mol. The number of aromatic hydroxyl groups is 2. The van der Waals surface area contributed by atoms with Crippen LogP contribution in [0.5, 0.6) is 17.2 Å². The van der Waals surface area contributed by atoms with Crippen LogP contribution >= 0.6 is 0 Å². The Hall–Kier alpha value is -2.20. The van der Waals surface area contributed by atoms with E-state index in [2.05, 4.69) is 0 Å². The molecule has 0 bridgehead atoms. The van der Waals surface area contributed by atoms with Gasteiger partial charge in [0.15, 0.2) is 11.5 Å². The number of benzene rings is 1. The van der Waals surface area contributed by atoms with Gasteiger partial charge in [-0.15, -0.1) is 0 Å². The van der Waals surface area contributed by atoms with Gasteiger partial charge in [0, 0.05) is 12.6 Å². The van der Waals surface area contributed by atoms with E-state index in [0.29, 0.717) is 19.4 Å². The van der Waals surface area contributed by atoms with Crippen LogP contribution in [0, 0.1) is 0 Å². The molecule has 10 heteroatoms. The topological polar surface area (TPSA) is 123 Å². The van der Waals surface area contributed by atoms with Crippen molar-refractivity contribution in [1.82, 2.24) is 4.90 Å². The zero-order chi connectivity index (χ0) is 21.1. The van der Waals surface area contributed by atoms with Gasteiger partial charge >= 0.3 is 6.09 Å². The predicted molar refractivity (Wildman–Crippen MR) is 101 cm³/mol. The molecular formula is C18H27NO8S. The van der Waals surface area contributed by atoms with Crippen LogP contribution in [-0.4, -0.2) is 66.8 Å². The lowest BCUT2D eigenvalue weighted by Gasteiger charge is -2.32. The summed E-state index contributed by atoms with van der Waals surface area (Å²) in [5.74, 6) is -0.379. The molecule has 1 fully saturated rings. The Morgan fingerprint density at radius 1 is 1.32 bits per heavy atom. The summed E-state index contributed by atoms with van der Waals surface area (Å²) in [4.78, 5) is 13.9. The van der Waals surface area contributed by atoms with E-state index >= 15 is 0 Å². The van der Waals surface area contributed by atoms with Gasteiger partial charge < -0.3 is 24.6 Å². The summed E-state index contributed by atoms with van der Waals surface area (Å²) in [5, 5.41) is 19.2. The smallest absolute Gasteiger partial charge is 0.410 e. The van der Waals surface area contributed by atoms with E-state index in [9.17, 15) is 23.4 Å². The monoisotopic (exact) mass is 417 g/mol. The predicted octanol–water partition coefficient (Wildman–Crippen LogP) is 2.22. The van der Waals surface area contributed by atoms with Crippen molar-refractivity contribution >= 4 is 16.2 Å². The van der Waals surface area contributed by atoms with Crippen LogP contribution in [0.2, 0.25) is 0 Å². The molecule has 1 heterocycles. The third kappa shape index (κ3) is 6.45. The molecule has 158 valence electrons. The molecule has 1 aliphatic heterocycles. The molecule has 0 aliphatic carbocycles. The summed E-state index contributed by atoms with van der Waals surface area (Å²) >= 11 is 0. The van der Waals surface area contributed by atoms with Crippen molar-refractivity contribution in [1.29, 1.82) is 0 Å². The Kier molecular flexibility index (Phi) is 6.66. The molecule has 0 radical (unpaired) electrons. The second-order valence-corrected chi connectivity index (χ2v) is 9.29. The average molecular weight is 417 g/mol. The van der Waals surface area contributed by atoms with E-state index in [1.165, 1.54) is 17.0 Å². The fourth-order valence-electron chi connectivity index (χ4n) is 2.95. The zero-order valence-electron chi connectivity index (χ0n) is 16.4. The van der Waals surface area contributed by atoms with Crippen molar-refractivity contribution in [2.75, 3.05) is 19.4 Å². The number of rotatable bonds is 6. The lowest BCUT2D eigenvalue weighted by atomic mass is 10.1. The fraction of sp³-hybridized carbons (Fsp3) is 0.611. The molecule has 1 aliphatic rings. The number of likely N-dealkylation sites (tertiary alicyclic amines) is 1. The van der Waals surface area contributed by atoms with Gasteiger partial charge in [0.25, 0.3) is 10.1 Å². The van der Waals surface area contributed by atoms with Gasteiger partial charge in [-0.3, -0.25) is 4.18 Å². The van der Waals surface area contributed by atoms with Crippen LogP contribution in [0.1, 0.15) is 33.6 Å². The highest BCUT2D eigenvalue weighted by Gasteiger charge is 2.39. The van der Waals surface area contributed by atoms with E-state index < -0.39 is 34.0 Å². The van der Waals surface area contributed by atoms with Crippen LogP contribution in [0.4, 0.5) is 4.79 Å². The maximum atomic E-state index is 12.5. The highest BCUT2D eigenvalue weighted by molar-refractivity contribution is 7.86. The molecule has 28 heavy (non-hydrogen) atoms. The third-order valence-electron chi connectivity index (χ3n) is 4.00. The Morgan fingerprint density at radius 3 is 2.57 bits per heavy atom. The van der Waals surface area contributed by atoms with Crippen molar-refractivity contribution in [3.8, 4) is 17.2 Å². The maximum Gasteiger partial charge on any atom is 0.410 e. The molecule has 1 saturated heterocycles. The second-order valence-electron chi connectivity index (χ2n) is 7.69. The number of hydrogen-bond donors (Lipinski definition) is 2. The van der Waals surface area contributed by atoms with E-state index in [0.717, 1.165) is 12.3 Å². The quantitative estimate of drug-likeness (QED) is 0.676. The van der Waals surface area contributed by atoms with Crippen molar-refractivity contribution < 1.29 is 37.1 Å².